The van der Waals surface area contributed by atoms with Crippen LogP contribution >= 0.6 is 0 Å². The monoisotopic (exact) mass is 300 g/mol. The first-order valence-electron chi connectivity index (χ1n) is 6.65. The molecular formula is C17H13FO4. The summed E-state index contributed by atoms with van der Waals surface area (Å²) in [6, 6.07) is 12.6. The van der Waals surface area contributed by atoms with Gasteiger partial charge in [0.15, 0.2) is 11.6 Å². The predicted molar refractivity (Wildman–Crippen MR) is 79.8 cm³/mol. The molecular weight excluding hydrogens is 287 g/mol. The third kappa shape index (κ3) is 2.79. The molecule has 5 heteroatoms. The summed E-state index contributed by atoms with van der Waals surface area (Å²) >= 11 is 0. The molecule has 0 saturated heterocycles. The first-order chi connectivity index (χ1) is 10.7. The van der Waals surface area contributed by atoms with E-state index >= 15 is 0 Å². The number of rotatable bonds is 4. The highest BCUT2D eigenvalue weighted by atomic mass is 19.1. The lowest BCUT2D eigenvalue weighted by atomic mass is 10.1. The number of benzene rings is 2. The van der Waals surface area contributed by atoms with Crippen LogP contribution in [0.25, 0.3) is 11.0 Å². The first-order valence-corrected chi connectivity index (χ1v) is 6.65. The van der Waals surface area contributed by atoms with Crippen molar-refractivity contribution in [2.75, 3.05) is 7.11 Å². The molecule has 2 aromatic carbocycles. The van der Waals surface area contributed by atoms with Crippen LogP contribution in [0.4, 0.5) is 4.39 Å². The first kappa shape index (κ1) is 14.1. The number of methoxy groups -OCH3 is 1. The van der Waals surface area contributed by atoms with Crippen molar-refractivity contribution in [1.82, 2.24) is 0 Å². The Bertz CT molecular complexity index is 870. The molecule has 3 aromatic rings. The highest BCUT2D eigenvalue weighted by Gasteiger charge is 2.09. The van der Waals surface area contributed by atoms with Crippen LogP contribution in [-0.4, -0.2) is 7.11 Å². The average Bonchev–Trinajstić information content (AvgIpc) is 2.53. The maximum absolute atomic E-state index is 13.6. The molecule has 22 heavy (non-hydrogen) atoms. The second-order valence-corrected chi connectivity index (χ2v) is 4.67. The van der Waals surface area contributed by atoms with Gasteiger partial charge < -0.3 is 13.9 Å². The summed E-state index contributed by atoms with van der Waals surface area (Å²) in [6.07, 6.45) is 0. The predicted octanol–water partition coefficient (Wildman–Crippen LogP) is 3.52. The van der Waals surface area contributed by atoms with Gasteiger partial charge in [-0.2, -0.15) is 0 Å². The Balaban J connectivity index is 1.96. The second-order valence-electron chi connectivity index (χ2n) is 4.67. The Morgan fingerprint density at radius 1 is 1.14 bits per heavy atom. The lowest BCUT2D eigenvalue weighted by Crippen LogP contribution is -2.04. The van der Waals surface area contributed by atoms with Crippen LogP contribution in [0.15, 0.2) is 57.7 Å². The smallest absolute Gasteiger partial charge is 0.336 e. The topological polar surface area (TPSA) is 48.7 Å². The fourth-order valence-corrected chi connectivity index (χ4v) is 2.17. The van der Waals surface area contributed by atoms with Gasteiger partial charge in [-0.3, -0.25) is 0 Å². The fraction of sp³-hybridized carbons (Fsp3) is 0.118. The zero-order valence-corrected chi connectivity index (χ0v) is 11.8. The van der Waals surface area contributed by atoms with Crippen LogP contribution in [0, 0.1) is 5.82 Å². The van der Waals surface area contributed by atoms with Crippen molar-refractivity contribution >= 4 is 11.0 Å². The van der Waals surface area contributed by atoms with E-state index in [2.05, 4.69) is 0 Å². The average molecular weight is 300 g/mol. The van der Waals surface area contributed by atoms with Crippen molar-refractivity contribution in [2.45, 2.75) is 6.61 Å². The van der Waals surface area contributed by atoms with Crippen molar-refractivity contribution in [1.29, 1.82) is 0 Å². The Hall–Kier alpha value is -2.82. The summed E-state index contributed by atoms with van der Waals surface area (Å²) in [7, 11) is 1.53. The molecule has 3 rings (SSSR count). The van der Waals surface area contributed by atoms with Gasteiger partial charge in [-0.05, 0) is 24.3 Å². The van der Waals surface area contributed by atoms with E-state index in [1.54, 1.807) is 30.3 Å². The molecule has 4 nitrogen and oxygen atoms in total. The second kappa shape index (κ2) is 5.89. The molecule has 0 bridgehead atoms. The Morgan fingerprint density at radius 3 is 2.73 bits per heavy atom. The van der Waals surface area contributed by atoms with Crippen molar-refractivity contribution in [3.63, 3.8) is 0 Å². The summed E-state index contributed by atoms with van der Waals surface area (Å²) in [4.78, 5) is 11.6. The van der Waals surface area contributed by atoms with E-state index in [1.165, 1.54) is 25.3 Å². The lowest BCUT2D eigenvalue weighted by Gasteiger charge is -2.09. The minimum atomic E-state index is -0.493. The van der Waals surface area contributed by atoms with Crippen molar-refractivity contribution < 1.29 is 18.3 Å². The van der Waals surface area contributed by atoms with E-state index in [0.29, 0.717) is 16.9 Å². The van der Waals surface area contributed by atoms with Gasteiger partial charge in [-0.1, -0.05) is 12.1 Å². The maximum Gasteiger partial charge on any atom is 0.336 e. The minimum Gasteiger partial charge on any atom is -0.497 e. The van der Waals surface area contributed by atoms with Crippen molar-refractivity contribution in [3.05, 3.63) is 70.3 Å². The summed E-state index contributed by atoms with van der Waals surface area (Å²) < 4.78 is 29.3. The third-order valence-corrected chi connectivity index (χ3v) is 3.26. The van der Waals surface area contributed by atoms with Crippen LogP contribution in [0.2, 0.25) is 0 Å². The third-order valence-electron chi connectivity index (χ3n) is 3.26. The molecule has 0 saturated carbocycles. The molecule has 0 fully saturated rings. The van der Waals surface area contributed by atoms with Gasteiger partial charge in [0.05, 0.1) is 7.11 Å². The number of hydrogen-bond acceptors (Lipinski definition) is 4. The molecule has 0 aliphatic heterocycles. The number of fused-ring (bicyclic) bond motifs is 1. The number of ether oxygens (including phenoxy) is 2. The van der Waals surface area contributed by atoms with E-state index < -0.39 is 11.4 Å². The number of para-hydroxylation sites is 1. The van der Waals surface area contributed by atoms with E-state index in [-0.39, 0.29) is 12.4 Å². The number of halogens is 1. The van der Waals surface area contributed by atoms with Crippen LogP contribution in [-0.2, 0) is 6.61 Å². The van der Waals surface area contributed by atoms with Gasteiger partial charge in [-0.15, -0.1) is 0 Å². The Kier molecular flexibility index (Phi) is 3.78. The van der Waals surface area contributed by atoms with Crippen molar-refractivity contribution in [2.24, 2.45) is 0 Å². The SMILES string of the molecule is COc1ccc2c(COc3ccccc3F)cc(=O)oc2c1. The largest absolute Gasteiger partial charge is 0.497 e. The highest BCUT2D eigenvalue weighted by molar-refractivity contribution is 5.81. The van der Waals surface area contributed by atoms with Crippen LogP contribution in [0.1, 0.15) is 5.56 Å². The zero-order chi connectivity index (χ0) is 15.5. The van der Waals surface area contributed by atoms with Crippen LogP contribution in [0.5, 0.6) is 11.5 Å². The van der Waals surface area contributed by atoms with Gasteiger partial charge >= 0.3 is 5.63 Å². The fourth-order valence-electron chi connectivity index (χ4n) is 2.17. The summed E-state index contributed by atoms with van der Waals surface area (Å²) in [5, 5.41) is 0.719. The van der Waals surface area contributed by atoms with E-state index in [1.807, 2.05) is 0 Å². The van der Waals surface area contributed by atoms with E-state index in [0.717, 1.165) is 5.39 Å². The summed E-state index contributed by atoms with van der Waals surface area (Å²) in [5.41, 5.74) is 0.532. The van der Waals surface area contributed by atoms with Crippen molar-refractivity contribution in [3.8, 4) is 11.5 Å². The highest BCUT2D eigenvalue weighted by Crippen LogP contribution is 2.24. The van der Waals surface area contributed by atoms with E-state index in [9.17, 15) is 9.18 Å². The molecule has 0 aliphatic carbocycles. The quantitative estimate of drug-likeness (QED) is 0.692. The van der Waals surface area contributed by atoms with Crippen LogP contribution in [0.3, 0.4) is 0 Å². The molecule has 0 N–H and O–H groups in total. The molecule has 1 aromatic heterocycles. The van der Waals surface area contributed by atoms with Gasteiger partial charge in [0.1, 0.15) is 17.9 Å². The molecule has 0 atom stereocenters. The van der Waals surface area contributed by atoms with Gasteiger partial charge in [-0.25, -0.2) is 9.18 Å². The van der Waals surface area contributed by atoms with E-state index in [4.69, 9.17) is 13.9 Å². The standard InChI is InChI=1S/C17H13FO4/c1-20-12-6-7-13-11(8-17(19)22-16(13)9-12)10-21-15-5-3-2-4-14(15)18/h2-9H,10H2,1H3. The molecule has 0 amide bonds. The Labute approximate surface area is 125 Å². The molecule has 1 heterocycles. The summed E-state index contributed by atoms with van der Waals surface area (Å²) in [6.45, 7) is 0.0648. The van der Waals surface area contributed by atoms with Crippen LogP contribution < -0.4 is 15.1 Å². The minimum absolute atomic E-state index is 0.0648. The maximum atomic E-state index is 13.6. The van der Waals surface area contributed by atoms with Gasteiger partial charge in [0.25, 0.3) is 0 Å². The normalized spacial score (nSPS) is 10.6. The molecule has 0 radical (unpaired) electrons. The van der Waals surface area contributed by atoms with Gasteiger partial charge in [0.2, 0.25) is 0 Å². The molecule has 0 spiro atoms. The summed E-state index contributed by atoms with van der Waals surface area (Å²) in [5.74, 6) is 0.275. The van der Waals surface area contributed by atoms with Gasteiger partial charge in [0, 0.05) is 23.1 Å². The number of hydrogen-bond donors (Lipinski definition) is 0. The zero-order valence-electron chi connectivity index (χ0n) is 11.8. The molecule has 112 valence electrons. The molecule has 0 unspecified atom stereocenters. The lowest BCUT2D eigenvalue weighted by molar-refractivity contribution is 0.291. The Morgan fingerprint density at radius 2 is 1.95 bits per heavy atom. The molecule has 0 aliphatic rings.